The lowest BCUT2D eigenvalue weighted by Crippen LogP contribution is -2.34. The topological polar surface area (TPSA) is 26.3 Å². The van der Waals surface area contributed by atoms with Crippen molar-refractivity contribution in [1.82, 2.24) is 0 Å². The van der Waals surface area contributed by atoms with E-state index in [2.05, 4.69) is 15.9 Å². The van der Waals surface area contributed by atoms with Crippen LogP contribution >= 0.6 is 27.5 Å². The van der Waals surface area contributed by atoms with Crippen LogP contribution in [0.4, 0.5) is 0 Å². The zero-order chi connectivity index (χ0) is 10.8. The molecule has 1 rings (SSSR count). The van der Waals surface area contributed by atoms with Crippen molar-refractivity contribution in [2.75, 3.05) is 0 Å². The zero-order valence-corrected chi connectivity index (χ0v) is 10.2. The highest BCUT2D eigenvalue weighted by molar-refractivity contribution is 9.10. The summed E-state index contributed by atoms with van der Waals surface area (Å²) in [6.45, 7) is 3.26. The number of benzene rings is 1. The van der Waals surface area contributed by atoms with Crippen LogP contribution in [0.1, 0.15) is 13.8 Å². The molecule has 0 N–H and O–H groups in total. The molecular weight excluding hydrogens is 267 g/mol. The van der Waals surface area contributed by atoms with E-state index < -0.39 is 10.8 Å². The summed E-state index contributed by atoms with van der Waals surface area (Å²) in [5, 5.41) is -0.514. The van der Waals surface area contributed by atoms with Gasteiger partial charge in [0, 0.05) is 4.47 Å². The lowest BCUT2D eigenvalue weighted by molar-refractivity contribution is -0.123. The van der Waals surface area contributed by atoms with E-state index in [-0.39, 0.29) is 0 Å². The molecule has 4 heteroatoms. The Morgan fingerprint density at radius 1 is 1.36 bits per heavy atom. The van der Waals surface area contributed by atoms with E-state index in [1.54, 1.807) is 26.0 Å². The van der Waals surface area contributed by atoms with Crippen molar-refractivity contribution in [3.63, 3.8) is 0 Å². The Hall–Kier alpha value is -0.540. The van der Waals surface area contributed by atoms with Crippen LogP contribution in [0, 0.1) is 0 Å². The quantitative estimate of drug-likeness (QED) is 0.792. The first kappa shape index (κ1) is 11.5. The van der Waals surface area contributed by atoms with Gasteiger partial charge in [0.25, 0.3) is 5.24 Å². The summed E-state index contributed by atoms with van der Waals surface area (Å²) in [7, 11) is 0. The van der Waals surface area contributed by atoms with Crippen LogP contribution in [0.3, 0.4) is 0 Å². The molecule has 0 aliphatic carbocycles. The molecule has 0 atom stereocenters. The third kappa shape index (κ3) is 3.00. The highest BCUT2D eigenvalue weighted by Crippen LogP contribution is 2.22. The molecule has 0 spiro atoms. The molecule has 0 radical (unpaired) electrons. The van der Waals surface area contributed by atoms with E-state index in [0.29, 0.717) is 5.75 Å². The van der Waals surface area contributed by atoms with Gasteiger partial charge in [0.05, 0.1) is 0 Å². The minimum Gasteiger partial charge on any atom is -0.479 e. The van der Waals surface area contributed by atoms with E-state index in [9.17, 15) is 4.79 Å². The van der Waals surface area contributed by atoms with Crippen molar-refractivity contribution in [2.24, 2.45) is 0 Å². The first-order valence-corrected chi connectivity index (χ1v) is 5.23. The van der Waals surface area contributed by atoms with Crippen LogP contribution in [0.15, 0.2) is 28.7 Å². The fourth-order valence-electron chi connectivity index (χ4n) is 0.837. The second-order valence-electron chi connectivity index (χ2n) is 3.34. The number of ether oxygens (including phenoxy) is 1. The summed E-state index contributed by atoms with van der Waals surface area (Å²) in [6, 6.07) is 7.21. The van der Waals surface area contributed by atoms with Gasteiger partial charge in [0.1, 0.15) is 5.75 Å². The minimum atomic E-state index is -0.991. The normalized spacial score (nSPS) is 11.1. The fraction of sp³-hybridized carbons (Fsp3) is 0.300. The number of halogens is 2. The van der Waals surface area contributed by atoms with Crippen molar-refractivity contribution in [1.29, 1.82) is 0 Å². The van der Waals surface area contributed by atoms with Crippen LogP contribution in [0.2, 0.25) is 0 Å². The summed E-state index contributed by atoms with van der Waals surface area (Å²) < 4.78 is 6.37. The second-order valence-corrected chi connectivity index (χ2v) is 4.60. The van der Waals surface area contributed by atoms with Crippen LogP contribution in [0.5, 0.6) is 5.75 Å². The third-order valence-corrected chi connectivity index (χ3v) is 2.64. The molecule has 0 unspecified atom stereocenters. The van der Waals surface area contributed by atoms with E-state index >= 15 is 0 Å². The van der Waals surface area contributed by atoms with Crippen molar-refractivity contribution in [3.8, 4) is 5.75 Å². The predicted molar refractivity (Wildman–Crippen MR) is 59.7 cm³/mol. The fourth-order valence-corrected chi connectivity index (χ4v) is 1.14. The molecule has 0 fully saturated rings. The Morgan fingerprint density at radius 2 is 1.86 bits per heavy atom. The number of hydrogen-bond donors (Lipinski definition) is 0. The van der Waals surface area contributed by atoms with Crippen molar-refractivity contribution < 1.29 is 9.53 Å². The van der Waals surface area contributed by atoms with Gasteiger partial charge in [-0.05, 0) is 49.7 Å². The largest absolute Gasteiger partial charge is 0.479 e. The first-order chi connectivity index (χ1) is 6.42. The van der Waals surface area contributed by atoms with Gasteiger partial charge in [0.2, 0.25) is 0 Å². The maximum atomic E-state index is 11.0. The second kappa shape index (κ2) is 4.32. The average molecular weight is 278 g/mol. The van der Waals surface area contributed by atoms with Crippen LogP contribution in [-0.2, 0) is 4.79 Å². The standard InChI is InChI=1S/C10H10BrClO2/c1-10(2,9(12)13)14-8-5-3-7(11)4-6-8/h3-6H,1-2H3. The summed E-state index contributed by atoms with van der Waals surface area (Å²) in [4.78, 5) is 11.0. The number of rotatable bonds is 3. The van der Waals surface area contributed by atoms with Gasteiger partial charge in [-0.1, -0.05) is 15.9 Å². The van der Waals surface area contributed by atoms with Crippen molar-refractivity contribution in [2.45, 2.75) is 19.4 Å². The van der Waals surface area contributed by atoms with Crippen molar-refractivity contribution >= 4 is 32.8 Å². The van der Waals surface area contributed by atoms with Gasteiger partial charge in [-0.3, -0.25) is 4.79 Å². The minimum absolute atomic E-state index is 0.514. The summed E-state index contributed by atoms with van der Waals surface area (Å²) in [6.07, 6.45) is 0. The molecule has 1 aromatic carbocycles. The molecule has 0 saturated carbocycles. The maximum absolute atomic E-state index is 11.0. The van der Waals surface area contributed by atoms with E-state index in [1.165, 1.54) is 0 Å². The van der Waals surface area contributed by atoms with Gasteiger partial charge in [-0.25, -0.2) is 0 Å². The lowest BCUT2D eigenvalue weighted by atomic mass is 10.1. The zero-order valence-electron chi connectivity index (χ0n) is 7.88. The Kier molecular flexibility index (Phi) is 3.56. The summed E-state index contributed by atoms with van der Waals surface area (Å²) in [5.41, 5.74) is -0.991. The Bertz CT molecular complexity index is 332. The Labute approximate surface area is 96.3 Å². The number of hydrogen-bond acceptors (Lipinski definition) is 2. The van der Waals surface area contributed by atoms with E-state index in [1.807, 2.05) is 12.1 Å². The molecule has 2 nitrogen and oxygen atoms in total. The van der Waals surface area contributed by atoms with E-state index in [4.69, 9.17) is 16.3 Å². The van der Waals surface area contributed by atoms with Gasteiger partial charge in [0.15, 0.2) is 5.60 Å². The highest BCUT2D eigenvalue weighted by Gasteiger charge is 2.27. The molecule has 1 aromatic rings. The predicted octanol–water partition coefficient (Wildman–Crippen LogP) is 3.37. The molecule has 0 heterocycles. The molecule has 0 aliphatic heterocycles. The molecule has 0 amide bonds. The maximum Gasteiger partial charge on any atom is 0.264 e. The molecule has 76 valence electrons. The third-order valence-electron chi connectivity index (χ3n) is 1.66. The van der Waals surface area contributed by atoms with Gasteiger partial charge in [-0.15, -0.1) is 0 Å². The van der Waals surface area contributed by atoms with E-state index in [0.717, 1.165) is 4.47 Å². The molecule has 14 heavy (non-hydrogen) atoms. The molecule has 0 saturated heterocycles. The van der Waals surface area contributed by atoms with Crippen molar-refractivity contribution in [3.05, 3.63) is 28.7 Å². The lowest BCUT2D eigenvalue weighted by Gasteiger charge is -2.21. The summed E-state index contributed by atoms with van der Waals surface area (Å²) >= 11 is 8.68. The molecular formula is C10H10BrClO2. The smallest absolute Gasteiger partial charge is 0.264 e. The first-order valence-electron chi connectivity index (χ1n) is 4.06. The van der Waals surface area contributed by atoms with Gasteiger partial charge >= 0.3 is 0 Å². The highest BCUT2D eigenvalue weighted by atomic mass is 79.9. The van der Waals surface area contributed by atoms with Crippen LogP contribution in [0.25, 0.3) is 0 Å². The number of carbonyl (C=O) groups is 1. The van der Waals surface area contributed by atoms with Crippen LogP contribution < -0.4 is 4.74 Å². The number of carbonyl (C=O) groups excluding carboxylic acids is 1. The molecule has 0 aliphatic rings. The monoisotopic (exact) mass is 276 g/mol. The molecule has 0 bridgehead atoms. The summed E-state index contributed by atoms with van der Waals surface area (Å²) in [5.74, 6) is 0.618. The Balaban J connectivity index is 2.79. The van der Waals surface area contributed by atoms with Gasteiger partial charge in [-0.2, -0.15) is 0 Å². The molecule has 0 aromatic heterocycles. The SMILES string of the molecule is CC(C)(Oc1ccc(Br)cc1)C(=O)Cl. The average Bonchev–Trinajstić information content (AvgIpc) is 2.08. The van der Waals surface area contributed by atoms with Crippen LogP contribution in [-0.4, -0.2) is 10.8 Å². The van der Waals surface area contributed by atoms with Gasteiger partial charge < -0.3 is 4.74 Å². The Morgan fingerprint density at radius 3 is 2.29 bits per heavy atom.